The normalized spacial score (nSPS) is 16.2. The van der Waals surface area contributed by atoms with Crippen molar-refractivity contribution >= 4 is 21.7 Å². The highest BCUT2D eigenvalue weighted by Crippen LogP contribution is 2.22. The number of carboxylic acids is 1. The number of aromatic carboxylic acids is 1. The van der Waals surface area contributed by atoms with E-state index in [1.165, 1.54) is 16.6 Å². The Morgan fingerprint density at radius 1 is 1.19 bits per heavy atom. The zero-order valence-electron chi connectivity index (χ0n) is 15.0. The minimum absolute atomic E-state index is 0.0710. The molecule has 1 saturated heterocycles. The molecule has 0 radical (unpaired) electrons. The lowest BCUT2D eigenvalue weighted by atomic mass is 10.2. The Hall–Kier alpha value is -2.49. The van der Waals surface area contributed by atoms with Gasteiger partial charge in [0.2, 0.25) is 10.0 Å². The molecule has 2 heterocycles. The molecule has 0 aliphatic carbocycles. The number of carbonyl (C=O) groups is 1. The van der Waals surface area contributed by atoms with Crippen molar-refractivity contribution in [2.45, 2.75) is 11.4 Å². The number of sulfonamides is 1. The monoisotopic (exact) mass is 390 g/mol. The van der Waals surface area contributed by atoms with Gasteiger partial charge in [0.15, 0.2) is 0 Å². The third-order valence-electron chi connectivity index (χ3n) is 4.51. The van der Waals surface area contributed by atoms with Crippen LogP contribution in [0.3, 0.4) is 0 Å². The number of pyridine rings is 1. The zero-order valence-corrected chi connectivity index (χ0v) is 15.8. The van der Waals surface area contributed by atoms with Gasteiger partial charge in [-0.15, -0.1) is 0 Å². The van der Waals surface area contributed by atoms with Crippen molar-refractivity contribution in [1.82, 2.24) is 14.2 Å². The van der Waals surface area contributed by atoms with Crippen LogP contribution in [0.4, 0.5) is 5.69 Å². The van der Waals surface area contributed by atoms with Crippen LogP contribution in [0.15, 0.2) is 47.5 Å². The van der Waals surface area contributed by atoms with Crippen LogP contribution in [0.1, 0.15) is 16.1 Å². The van der Waals surface area contributed by atoms with Gasteiger partial charge in [-0.1, -0.05) is 18.2 Å². The van der Waals surface area contributed by atoms with Crippen molar-refractivity contribution in [3.63, 3.8) is 0 Å². The van der Waals surface area contributed by atoms with Gasteiger partial charge in [-0.3, -0.25) is 0 Å². The van der Waals surface area contributed by atoms with Gasteiger partial charge in [0.25, 0.3) is 0 Å². The molecular weight excluding hydrogens is 368 g/mol. The second-order valence-corrected chi connectivity index (χ2v) is 8.31. The second kappa shape index (κ2) is 8.03. The Kier molecular flexibility index (Phi) is 5.73. The van der Waals surface area contributed by atoms with E-state index in [2.05, 4.69) is 15.2 Å². The van der Waals surface area contributed by atoms with Gasteiger partial charge < -0.3 is 15.3 Å². The summed E-state index contributed by atoms with van der Waals surface area (Å²) in [4.78, 5) is 17.2. The maximum absolute atomic E-state index is 13.1. The lowest BCUT2D eigenvalue weighted by molar-refractivity contribution is 0.0690. The van der Waals surface area contributed by atoms with Gasteiger partial charge in [0, 0.05) is 44.6 Å². The van der Waals surface area contributed by atoms with Crippen LogP contribution in [-0.2, 0) is 16.6 Å². The van der Waals surface area contributed by atoms with E-state index in [1.54, 1.807) is 30.3 Å². The third kappa shape index (κ3) is 4.44. The number of anilines is 1. The van der Waals surface area contributed by atoms with E-state index in [-0.39, 0.29) is 17.1 Å². The molecule has 144 valence electrons. The minimum atomic E-state index is -3.58. The van der Waals surface area contributed by atoms with Crippen LogP contribution in [-0.4, -0.2) is 66.9 Å². The van der Waals surface area contributed by atoms with Gasteiger partial charge in [-0.25, -0.2) is 18.2 Å². The van der Waals surface area contributed by atoms with Crippen LogP contribution in [0.25, 0.3) is 0 Å². The first-order valence-electron chi connectivity index (χ1n) is 8.58. The van der Waals surface area contributed by atoms with Gasteiger partial charge in [0.1, 0.15) is 5.69 Å². The number of likely N-dealkylation sites (N-methyl/N-ethyl adjacent to an activating group) is 1. The predicted molar refractivity (Wildman–Crippen MR) is 101 cm³/mol. The largest absolute Gasteiger partial charge is 0.477 e. The highest BCUT2D eigenvalue weighted by molar-refractivity contribution is 7.89. The van der Waals surface area contributed by atoms with Gasteiger partial charge >= 0.3 is 5.97 Å². The molecule has 1 aromatic heterocycles. The quantitative estimate of drug-likeness (QED) is 0.767. The molecule has 0 spiro atoms. The summed E-state index contributed by atoms with van der Waals surface area (Å²) >= 11 is 0. The van der Waals surface area contributed by atoms with E-state index >= 15 is 0 Å². The summed E-state index contributed by atoms with van der Waals surface area (Å²) in [6.45, 7) is 2.59. The molecule has 3 rings (SSSR count). The van der Waals surface area contributed by atoms with E-state index < -0.39 is 16.0 Å². The zero-order chi connectivity index (χ0) is 19.4. The van der Waals surface area contributed by atoms with Crippen molar-refractivity contribution in [3.05, 3.63) is 53.9 Å². The predicted octanol–water partition coefficient (Wildman–Crippen LogP) is 1.33. The molecule has 1 fully saturated rings. The maximum Gasteiger partial charge on any atom is 0.354 e. The van der Waals surface area contributed by atoms with E-state index in [0.29, 0.717) is 37.4 Å². The van der Waals surface area contributed by atoms with Crippen LogP contribution in [0.5, 0.6) is 0 Å². The fourth-order valence-corrected chi connectivity index (χ4v) is 4.57. The highest BCUT2D eigenvalue weighted by Gasteiger charge is 2.29. The summed E-state index contributed by atoms with van der Waals surface area (Å²) in [5, 5.41) is 12.1. The maximum atomic E-state index is 13.1. The Bertz CT molecular complexity index is 924. The van der Waals surface area contributed by atoms with E-state index in [4.69, 9.17) is 5.11 Å². The molecule has 0 atom stereocenters. The molecule has 1 aliphatic rings. The summed E-state index contributed by atoms with van der Waals surface area (Å²) < 4.78 is 27.6. The number of aromatic nitrogens is 1. The lowest BCUT2D eigenvalue weighted by Gasteiger charge is -2.32. The molecular formula is C18H22N4O4S. The van der Waals surface area contributed by atoms with Crippen molar-refractivity contribution in [3.8, 4) is 0 Å². The van der Waals surface area contributed by atoms with Crippen molar-refractivity contribution < 1.29 is 18.3 Å². The molecule has 27 heavy (non-hydrogen) atoms. The van der Waals surface area contributed by atoms with Gasteiger partial charge in [0.05, 0.1) is 4.90 Å². The fraction of sp³-hybridized carbons (Fsp3) is 0.333. The first-order chi connectivity index (χ1) is 12.9. The Morgan fingerprint density at radius 2 is 1.89 bits per heavy atom. The molecule has 0 saturated carbocycles. The number of nitrogens with zero attached hydrogens (tertiary/aromatic N) is 3. The Balaban J connectivity index is 1.80. The van der Waals surface area contributed by atoms with E-state index in [0.717, 1.165) is 0 Å². The van der Waals surface area contributed by atoms with Crippen LogP contribution in [0, 0.1) is 0 Å². The topological polar surface area (TPSA) is 103 Å². The molecule has 9 heteroatoms. The number of hydrogen-bond acceptors (Lipinski definition) is 6. The van der Waals surface area contributed by atoms with E-state index in [1.807, 2.05) is 7.05 Å². The van der Waals surface area contributed by atoms with Crippen LogP contribution in [0.2, 0.25) is 0 Å². The number of hydrogen-bond donors (Lipinski definition) is 2. The number of carboxylic acid groups (broad SMARTS) is 1. The van der Waals surface area contributed by atoms with Crippen molar-refractivity contribution in [2.24, 2.45) is 0 Å². The highest BCUT2D eigenvalue weighted by atomic mass is 32.2. The van der Waals surface area contributed by atoms with E-state index in [9.17, 15) is 13.2 Å². The SMILES string of the molecule is CN1CCN(S(=O)(=O)c2ccccc2CNc2ccnc(C(=O)O)c2)CC1. The third-order valence-corrected chi connectivity index (χ3v) is 6.51. The summed E-state index contributed by atoms with van der Waals surface area (Å²) in [5.74, 6) is -1.11. The molecule has 0 unspecified atom stereocenters. The number of piperazine rings is 1. The van der Waals surface area contributed by atoms with Crippen molar-refractivity contribution in [1.29, 1.82) is 0 Å². The average molecular weight is 390 g/mol. The molecule has 8 nitrogen and oxygen atoms in total. The standard InChI is InChI=1S/C18H22N4O4S/c1-21-8-10-22(11-9-21)27(25,26)17-5-3-2-4-14(17)13-20-15-6-7-19-16(12-15)18(23)24/h2-7,12H,8-11,13H2,1H3,(H,19,20)(H,23,24). The molecule has 1 aliphatic heterocycles. The van der Waals surface area contributed by atoms with Gasteiger partial charge in [-0.05, 0) is 30.8 Å². The molecule has 0 bridgehead atoms. The summed E-state index contributed by atoms with van der Waals surface area (Å²) in [6, 6.07) is 9.93. The lowest BCUT2D eigenvalue weighted by Crippen LogP contribution is -2.47. The molecule has 1 aromatic carbocycles. The molecule has 0 amide bonds. The van der Waals surface area contributed by atoms with Crippen molar-refractivity contribution in [2.75, 3.05) is 38.5 Å². The summed E-state index contributed by atoms with van der Waals surface area (Å²) in [7, 11) is -1.61. The number of rotatable bonds is 6. The summed E-state index contributed by atoms with van der Waals surface area (Å²) in [5.41, 5.74) is 1.12. The van der Waals surface area contributed by atoms with Crippen LogP contribution >= 0.6 is 0 Å². The first-order valence-corrected chi connectivity index (χ1v) is 10.0. The number of benzene rings is 1. The fourth-order valence-electron chi connectivity index (χ4n) is 2.92. The van der Waals surface area contributed by atoms with Gasteiger partial charge in [-0.2, -0.15) is 4.31 Å². The molecule has 2 N–H and O–H groups in total. The molecule has 2 aromatic rings. The number of nitrogens with one attached hydrogen (secondary N) is 1. The minimum Gasteiger partial charge on any atom is -0.477 e. The second-order valence-electron chi connectivity index (χ2n) is 6.40. The Morgan fingerprint density at radius 3 is 2.59 bits per heavy atom. The average Bonchev–Trinajstić information content (AvgIpc) is 2.67. The first kappa shape index (κ1) is 19.3. The summed E-state index contributed by atoms with van der Waals surface area (Å²) in [6.07, 6.45) is 1.40. The Labute approximate surface area is 158 Å². The van der Waals surface area contributed by atoms with Crippen LogP contribution < -0.4 is 5.32 Å². The smallest absolute Gasteiger partial charge is 0.354 e.